The summed E-state index contributed by atoms with van der Waals surface area (Å²) in [7, 11) is 0. The van der Waals surface area contributed by atoms with E-state index in [9.17, 15) is 14.9 Å². The van der Waals surface area contributed by atoms with Crippen molar-refractivity contribution in [1.82, 2.24) is 10.6 Å². The van der Waals surface area contributed by atoms with Gasteiger partial charge in [0.15, 0.2) is 5.11 Å². The first-order chi connectivity index (χ1) is 13.5. The number of non-ortho nitro benzene ring substituents is 1. The Bertz CT molecular complexity index is 937. The third-order valence-electron chi connectivity index (χ3n) is 3.39. The van der Waals surface area contributed by atoms with E-state index in [-0.39, 0.29) is 21.4 Å². The molecule has 0 aromatic heterocycles. The van der Waals surface area contributed by atoms with E-state index in [4.69, 9.17) is 70.2 Å². The Kier molecular flexibility index (Phi) is 8.16. The van der Waals surface area contributed by atoms with E-state index in [0.29, 0.717) is 10.7 Å². The number of halogens is 5. The van der Waals surface area contributed by atoms with Crippen LogP contribution in [0.2, 0.25) is 10.0 Å². The number of anilines is 1. The van der Waals surface area contributed by atoms with E-state index in [2.05, 4.69) is 16.0 Å². The number of nitro groups is 1. The van der Waals surface area contributed by atoms with Crippen molar-refractivity contribution in [2.45, 2.75) is 9.96 Å². The van der Waals surface area contributed by atoms with Crippen LogP contribution in [0.5, 0.6) is 0 Å². The van der Waals surface area contributed by atoms with Crippen LogP contribution in [-0.4, -0.2) is 25.9 Å². The standard InChI is InChI=1S/C16H11Cl5N4O3S/c17-8-1-6-11(12(18)7-8)13(26)23-14(16(19,20)21)24-15(29)22-9-2-4-10(5-3-9)25(27)28/h1-7,14H,(H,23,26)(H2,22,24,29)/t14-/m1/s1. The van der Waals surface area contributed by atoms with Crippen molar-refractivity contribution >= 4 is 92.6 Å². The lowest BCUT2D eigenvalue weighted by atomic mass is 10.2. The monoisotopic (exact) mass is 514 g/mol. The number of nitrogens with zero attached hydrogens (tertiary/aromatic N) is 1. The molecule has 0 spiro atoms. The number of carbonyl (C=O) groups excluding carboxylic acids is 1. The van der Waals surface area contributed by atoms with Crippen molar-refractivity contribution in [1.29, 1.82) is 0 Å². The van der Waals surface area contributed by atoms with Crippen LogP contribution in [0.4, 0.5) is 11.4 Å². The van der Waals surface area contributed by atoms with Gasteiger partial charge in [0.1, 0.15) is 6.17 Å². The van der Waals surface area contributed by atoms with Gasteiger partial charge in [-0.25, -0.2) is 0 Å². The minimum absolute atomic E-state index is 0.00215. The van der Waals surface area contributed by atoms with Crippen molar-refractivity contribution in [2.75, 3.05) is 5.32 Å². The van der Waals surface area contributed by atoms with E-state index in [0.717, 1.165) is 0 Å². The molecule has 0 fully saturated rings. The molecule has 0 aliphatic heterocycles. The van der Waals surface area contributed by atoms with Crippen LogP contribution in [0.1, 0.15) is 10.4 Å². The van der Waals surface area contributed by atoms with Gasteiger partial charge < -0.3 is 16.0 Å². The van der Waals surface area contributed by atoms with Crippen LogP contribution in [-0.2, 0) is 0 Å². The Morgan fingerprint density at radius 3 is 2.21 bits per heavy atom. The van der Waals surface area contributed by atoms with E-state index in [1.165, 1.54) is 42.5 Å². The fourth-order valence-corrected chi connectivity index (χ4v) is 3.10. The first-order valence-corrected chi connectivity index (χ1v) is 9.92. The number of carbonyl (C=O) groups is 1. The summed E-state index contributed by atoms with van der Waals surface area (Å²) in [6, 6.07) is 9.79. The highest BCUT2D eigenvalue weighted by Crippen LogP contribution is 2.30. The van der Waals surface area contributed by atoms with Crippen molar-refractivity contribution in [3.8, 4) is 0 Å². The quantitative estimate of drug-likeness (QED) is 0.164. The molecule has 0 aliphatic carbocycles. The molecule has 0 saturated carbocycles. The molecule has 154 valence electrons. The van der Waals surface area contributed by atoms with Gasteiger partial charge in [0.05, 0.1) is 15.5 Å². The maximum atomic E-state index is 12.5. The van der Waals surface area contributed by atoms with Gasteiger partial charge in [-0.2, -0.15) is 0 Å². The maximum absolute atomic E-state index is 12.5. The molecular formula is C16H11Cl5N4O3S. The molecule has 1 amide bonds. The lowest BCUT2D eigenvalue weighted by molar-refractivity contribution is -0.384. The normalized spacial score (nSPS) is 12.0. The van der Waals surface area contributed by atoms with Gasteiger partial charge in [0, 0.05) is 22.8 Å². The molecule has 0 aliphatic rings. The Labute approximate surface area is 195 Å². The lowest BCUT2D eigenvalue weighted by Crippen LogP contribution is -2.56. The Balaban J connectivity index is 2.09. The molecule has 2 aromatic rings. The zero-order valence-corrected chi connectivity index (χ0v) is 18.7. The number of amides is 1. The summed E-state index contributed by atoms with van der Waals surface area (Å²) in [4.78, 5) is 22.7. The molecule has 0 heterocycles. The van der Waals surface area contributed by atoms with Crippen molar-refractivity contribution < 1.29 is 9.72 Å². The van der Waals surface area contributed by atoms with E-state index < -0.39 is 20.8 Å². The van der Waals surface area contributed by atoms with Crippen LogP contribution in [0, 0.1) is 10.1 Å². The second-order valence-electron chi connectivity index (χ2n) is 5.47. The van der Waals surface area contributed by atoms with Crippen molar-refractivity contribution in [3.05, 3.63) is 68.2 Å². The van der Waals surface area contributed by atoms with Gasteiger partial charge in [-0.1, -0.05) is 58.0 Å². The summed E-state index contributed by atoms with van der Waals surface area (Å²) in [5, 5.41) is 19.1. The fourth-order valence-electron chi connectivity index (χ4n) is 2.05. The zero-order chi connectivity index (χ0) is 21.8. The molecule has 0 saturated heterocycles. The van der Waals surface area contributed by atoms with Gasteiger partial charge in [0.2, 0.25) is 3.79 Å². The van der Waals surface area contributed by atoms with Crippen LogP contribution in [0.3, 0.4) is 0 Å². The summed E-state index contributed by atoms with van der Waals surface area (Å²) in [5.41, 5.74) is 0.482. The predicted octanol–water partition coefficient (Wildman–Crippen LogP) is 5.31. The maximum Gasteiger partial charge on any atom is 0.269 e. The average Bonchev–Trinajstić information content (AvgIpc) is 2.60. The molecule has 2 aromatic carbocycles. The summed E-state index contributed by atoms with van der Waals surface area (Å²) in [6.45, 7) is 0. The highest BCUT2D eigenvalue weighted by molar-refractivity contribution is 7.80. The van der Waals surface area contributed by atoms with Crippen LogP contribution >= 0.6 is 70.2 Å². The minimum Gasteiger partial charge on any atom is -0.339 e. The first kappa shape index (κ1) is 23.7. The highest BCUT2D eigenvalue weighted by Gasteiger charge is 2.35. The molecule has 0 bridgehead atoms. The van der Waals surface area contributed by atoms with Crippen molar-refractivity contribution in [2.24, 2.45) is 0 Å². The Morgan fingerprint density at radius 1 is 1.07 bits per heavy atom. The predicted molar refractivity (Wildman–Crippen MR) is 120 cm³/mol. The molecule has 29 heavy (non-hydrogen) atoms. The number of alkyl halides is 3. The summed E-state index contributed by atoms with van der Waals surface area (Å²) in [5.74, 6) is -0.631. The summed E-state index contributed by atoms with van der Waals surface area (Å²) >= 11 is 34.8. The van der Waals surface area contributed by atoms with Crippen LogP contribution < -0.4 is 16.0 Å². The molecular weight excluding hydrogens is 506 g/mol. The first-order valence-electron chi connectivity index (χ1n) is 7.62. The number of hydrogen-bond donors (Lipinski definition) is 3. The number of nitrogens with one attached hydrogen (secondary N) is 3. The smallest absolute Gasteiger partial charge is 0.269 e. The highest BCUT2D eigenvalue weighted by atomic mass is 35.6. The molecule has 0 unspecified atom stereocenters. The third-order valence-corrected chi connectivity index (χ3v) is 4.81. The number of hydrogen-bond acceptors (Lipinski definition) is 4. The third kappa shape index (κ3) is 7.02. The largest absolute Gasteiger partial charge is 0.339 e. The fraction of sp³-hybridized carbons (Fsp3) is 0.125. The van der Waals surface area contributed by atoms with Crippen molar-refractivity contribution in [3.63, 3.8) is 0 Å². The number of nitro benzene ring substituents is 1. The molecule has 3 N–H and O–H groups in total. The lowest BCUT2D eigenvalue weighted by Gasteiger charge is -2.28. The van der Waals surface area contributed by atoms with Crippen LogP contribution in [0.25, 0.3) is 0 Å². The zero-order valence-electron chi connectivity index (χ0n) is 14.1. The van der Waals surface area contributed by atoms with E-state index in [1.54, 1.807) is 0 Å². The van der Waals surface area contributed by atoms with Gasteiger partial charge in [0.25, 0.3) is 11.6 Å². The van der Waals surface area contributed by atoms with Gasteiger partial charge >= 0.3 is 0 Å². The van der Waals surface area contributed by atoms with E-state index >= 15 is 0 Å². The van der Waals surface area contributed by atoms with E-state index in [1.807, 2.05) is 0 Å². The summed E-state index contributed by atoms with van der Waals surface area (Å²) in [6.07, 6.45) is -1.23. The Hall–Kier alpha value is -1.55. The van der Waals surface area contributed by atoms with Gasteiger partial charge in [-0.15, -0.1) is 0 Å². The minimum atomic E-state index is -1.98. The molecule has 1 atom stereocenters. The average molecular weight is 517 g/mol. The topological polar surface area (TPSA) is 96.3 Å². The molecule has 13 heteroatoms. The second-order valence-corrected chi connectivity index (χ2v) is 9.10. The summed E-state index contributed by atoms with van der Waals surface area (Å²) < 4.78 is -1.98. The van der Waals surface area contributed by atoms with Crippen LogP contribution in [0.15, 0.2) is 42.5 Å². The Morgan fingerprint density at radius 2 is 1.69 bits per heavy atom. The number of rotatable bonds is 5. The van der Waals surface area contributed by atoms with Gasteiger partial charge in [-0.3, -0.25) is 14.9 Å². The number of thiocarbonyl (C=S) groups is 1. The van der Waals surface area contributed by atoms with Gasteiger partial charge in [-0.05, 0) is 42.5 Å². The molecule has 0 radical (unpaired) electrons. The second kappa shape index (κ2) is 9.97. The SMILES string of the molecule is O=C(N[C@H](NC(=S)Nc1ccc([N+](=O)[O-])cc1)C(Cl)(Cl)Cl)c1ccc(Cl)cc1Cl. The molecule has 2 rings (SSSR count). The molecule has 7 nitrogen and oxygen atoms in total. The number of benzene rings is 2.